The Morgan fingerprint density at radius 2 is 2.15 bits per heavy atom. The van der Waals surface area contributed by atoms with Crippen LogP contribution >= 0.6 is 11.6 Å². The molecule has 2 aromatic rings. The van der Waals surface area contributed by atoms with Gasteiger partial charge in [-0.3, -0.25) is 9.67 Å². The Morgan fingerprint density at radius 1 is 1.40 bits per heavy atom. The Bertz CT molecular complexity index is 600. The first-order valence-corrected chi connectivity index (χ1v) is 6.97. The Labute approximate surface area is 122 Å². The van der Waals surface area contributed by atoms with E-state index >= 15 is 0 Å². The summed E-state index contributed by atoms with van der Waals surface area (Å²) in [6.07, 6.45) is 2.72. The molecule has 1 atom stereocenters. The molecule has 0 aliphatic rings. The number of halogens is 2. The summed E-state index contributed by atoms with van der Waals surface area (Å²) >= 11 is 6.29. The summed E-state index contributed by atoms with van der Waals surface area (Å²) in [5, 5.41) is 15.2. The van der Waals surface area contributed by atoms with E-state index < -0.39 is 11.9 Å². The molecule has 2 heterocycles. The zero-order valence-corrected chi connectivity index (χ0v) is 12.2. The average molecular weight is 298 g/mol. The largest absolute Gasteiger partial charge is 0.388 e. The zero-order chi connectivity index (χ0) is 14.7. The van der Waals surface area contributed by atoms with Gasteiger partial charge >= 0.3 is 0 Å². The third-order valence-corrected chi connectivity index (χ3v) is 3.63. The van der Waals surface area contributed by atoms with Crippen LogP contribution in [0.15, 0.2) is 18.5 Å². The maximum absolute atomic E-state index is 13.1. The zero-order valence-electron chi connectivity index (χ0n) is 11.5. The molecule has 0 aliphatic carbocycles. The molecule has 20 heavy (non-hydrogen) atoms. The molecule has 0 radical (unpaired) electrons. The Balaban J connectivity index is 2.27. The molecule has 0 amide bonds. The third-order valence-electron chi connectivity index (χ3n) is 3.19. The molecule has 0 fully saturated rings. The summed E-state index contributed by atoms with van der Waals surface area (Å²) in [4.78, 5) is 3.74. The van der Waals surface area contributed by atoms with E-state index in [9.17, 15) is 9.50 Å². The van der Waals surface area contributed by atoms with Crippen LogP contribution in [0.1, 0.15) is 36.9 Å². The molecular weight excluding hydrogens is 281 g/mol. The van der Waals surface area contributed by atoms with Crippen molar-refractivity contribution in [3.63, 3.8) is 0 Å². The van der Waals surface area contributed by atoms with Gasteiger partial charge in [0, 0.05) is 24.7 Å². The lowest BCUT2D eigenvalue weighted by Gasteiger charge is -2.12. The minimum atomic E-state index is -0.859. The molecule has 0 saturated carbocycles. The smallest absolute Gasteiger partial charge is 0.141 e. The predicted molar refractivity (Wildman–Crippen MR) is 75.1 cm³/mol. The molecule has 0 aliphatic heterocycles. The van der Waals surface area contributed by atoms with Crippen molar-refractivity contribution in [3.8, 4) is 0 Å². The van der Waals surface area contributed by atoms with Crippen LogP contribution in [-0.2, 0) is 19.4 Å². The van der Waals surface area contributed by atoms with Gasteiger partial charge in [-0.15, -0.1) is 0 Å². The number of nitrogens with zero attached hydrogens (tertiary/aromatic N) is 3. The van der Waals surface area contributed by atoms with Crippen molar-refractivity contribution in [3.05, 3.63) is 46.3 Å². The minimum Gasteiger partial charge on any atom is -0.388 e. The fourth-order valence-electron chi connectivity index (χ4n) is 2.12. The number of pyridine rings is 1. The number of rotatable bonds is 5. The van der Waals surface area contributed by atoms with Gasteiger partial charge in [-0.2, -0.15) is 5.10 Å². The van der Waals surface area contributed by atoms with Gasteiger partial charge in [-0.05, 0) is 19.4 Å². The minimum absolute atomic E-state index is 0.283. The van der Waals surface area contributed by atoms with E-state index in [1.807, 2.05) is 13.8 Å². The number of aliphatic hydroxyl groups excluding tert-OH is 1. The van der Waals surface area contributed by atoms with E-state index in [0.717, 1.165) is 24.0 Å². The quantitative estimate of drug-likeness (QED) is 0.923. The number of hydrogen-bond acceptors (Lipinski definition) is 3. The van der Waals surface area contributed by atoms with E-state index in [0.29, 0.717) is 17.1 Å². The topological polar surface area (TPSA) is 50.9 Å². The van der Waals surface area contributed by atoms with Gasteiger partial charge in [0.25, 0.3) is 0 Å². The summed E-state index contributed by atoms with van der Waals surface area (Å²) in [6.45, 7) is 4.61. The van der Waals surface area contributed by atoms with Crippen molar-refractivity contribution in [2.75, 3.05) is 0 Å². The van der Waals surface area contributed by atoms with E-state index in [1.165, 1.54) is 12.3 Å². The Kier molecular flexibility index (Phi) is 4.73. The molecule has 108 valence electrons. The molecule has 0 bridgehead atoms. The number of hydrogen-bond donors (Lipinski definition) is 1. The Morgan fingerprint density at radius 3 is 2.75 bits per heavy atom. The van der Waals surface area contributed by atoms with Crippen molar-refractivity contribution in [2.45, 2.75) is 39.3 Å². The summed E-state index contributed by atoms with van der Waals surface area (Å²) < 4.78 is 14.9. The summed E-state index contributed by atoms with van der Waals surface area (Å²) in [5.41, 5.74) is 2.01. The highest BCUT2D eigenvalue weighted by Gasteiger charge is 2.19. The molecule has 1 unspecified atom stereocenters. The van der Waals surface area contributed by atoms with Crippen LogP contribution in [0.3, 0.4) is 0 Å². The van der Waals surface area contributed by atoms with Gasteiger partial charge < -0.3 is 5.11 Å². The van der Waals surface area contributed by atoms with Crippen molar-refractivity contribution >= 4 is 11.6 Å². The monoisotopic (exact) mass is 297 g/mol. The summed E-state index contributed by atoms with van der Waals surface area (Å²) in [7, 11) is 0. The molecule has 0 saturated heterocycles. The molecule has 6 heteroatoms. The second-order valence-corrected chi connectivity index (χ2v) is 4.91. The molecule has 2 rings (SSSR count). The molecule has 4 nitrogen and oxygen atoms in total. The number of aromatic nitrogens is 3. The fourth-order valence-corrected chi connectivity index (χ4v) is 2.47. The average Bonchev–Trinajstić information content (AvgIpc) is 2.75. The lowest BCUT2D eigenvalue weighted by molar-refractivity contribution is 0.174. The predicted octanol–water partition coefficient (Wildman–Crippen LogP) is 2.93. The maximum atomic E-state index is 13.1. The first-order chi connectivity index (χ1) is 9.56. The molecule has 0 aromatic carbocycles. The number of aliphatic hydroxyl groups is 1. The molecular formula is C14H17ClFN3O. The SMILES string of the molecule is CCc1nn(CC)c(CC(O)c2cncc(F)c2)c1Cl. The van der Waals surface area contributed by atoms with Crippen molar-refractivity contribution in [1.82, 2.24) is 14.8 Å². The molecule has 2 aromatic heterocycles. The van der Waals surface area contributed by atoms with E-state index in [2.05, 4.69) is 10.1 Å². The first kappa shape index (κ1) is 14.9. The van der Waals surface area contributed by atoms with Crippen LogP contribution in [0.5, 0.6) is 0 Å². The Hall–Kier alpha value is -1.46. The van der Waals surface area contributed by atoms with Gasteiger partial charge in [0.05, 0.1) is 28.7 Å². The van der Waals surface area contributed by atoms with Gasteiger partial charge in [0.2, 0.25) is 0 Å². The maximum Gasteiger partial charge on any atom is 0.141 e. The van der Waals surface area contributed by atoms with Crippen LogP contribution in [0.25, 0.3) is 0 Å². The van der Waals surface area contributed by atoms with Crippen molar-refractivity contribution < 1.29 is 9.50 Å². The van der Waals surface area contributed by atoms with Gasteiger partial charge in [-0.25, -0.2) is 4.39 Å². The van der Waals surface area contributed by atoms with Gasteiger partial charge in [0.1, 0.15) is 5.82 Å². The standard InChI is InChI=1S/C14H17ClFN3O/c1-3-11-14(15)12(19(4-2)18-11)6-13(20)9-5-10(16)8-17-7-9/h5,7-8,13,20H,3-4,6H2,1-2H3. The van der Waals surface area contributed by atoms with Crippen LogP contribution < -0.4 is 0 Å². The van der Waals surface area contributed by atoms with E-state index in [1.54, 1.807) is 4.68 Å². The lowest BCUT2D eigenvalue weighted by atomic mass is 10.1. The summed E-state index contributed by atoms with van der Waals surface area (Å²) in [5.74, 6) is -0.467. The second-order valence-electron chi connectivity index (χ2n) is 4.53. The highest BCUT2D eigenvalue weighted by molar-refractivity contribution is 6.31. The second kappa shape index (κ2) is 6.33. The van der Waals surface area contributed by atoms with Gasteiger partial charge in [-0.1, -0.05) is 18.5 Å². The highest BCUT2D eigenvalue weighted by Crippen LogP contribution is 2.26. The first-order valence-electron chi connectivity index (χ1n) is 6.59. The normalized spacial score (nSPS) is 12.7. The molecule has 1 N–H and O–H groups in total. The van der Waals surface area contributed by atoms with Crippen LogP contribution in [0, 0.1) is 5.82 Å². The number of aryl methyl sites for hydroxylation is 2. The van der Waals surface area contributed by atoms with Crippen molar-refractivity contribution in [2.24, 2.45) is 0 Å². The third kappa shape index (κ3) is 2.99. The van der Waals surface area contributed by atoms with Crippen molar-refractivity contribution in [1.29, 1.82) is 0 Å². The highest BCUT2D eigenvalue weighted by atomic mass is 35.5. The summed E-state index contributed by atoms with van der Waals surface area (Å²) in [6, 6.07) is 1.28. The van der Waals surface area contributed by atoms with E-state index in [4.69, 9.17) is 11.6 Å². The fraction of sp³-hybridized carbons (Fsp3) is 0.429. The van der Waals surface area contributed by atoms with Crippen LogP contribution in [0.2, 0.25) is 5.02 Å². The molecule has 0 spiro atoms. The van der Waals surface area contributed by atoms with E-state index in [-0.39, 0.29) is 6.42 Å². The van der Waals surface area contributed by atoms with Crippen LogP contribution in [-0.4, -0.2) is 19.9 Å². The van der Waals surface area contributed by atoms with Crippen LogP contribution in [0.4, 0.5) is 4.39 Å². The lowest BCUT2D eigenvalue weighted by Crippen LogP contribution is -2.09. The van der Waals surface area contributed by atoms with Gasteiger partial charge in [0.15, 0.2) is 0 Å².